The lowest BCUT2D eigenvalue weighted by Crippen LogP contribution is -2.11. The van der Waals surface area contributed by atoms with E-state index in [-0.39, 0.29) is 5.03 Å². The molecular formula is C10H9Cl2NO. The Balaban J connectivity index is 2.91. The molecule has 74 valence electrons. The second-order valence-corrected chi connectivity index (χ2v) is 3.71. The van der Waals surface area contributed by atoms with E-state index in [9.17, 15) is 4.79 Å². The quantitative estimate of drug-likeness (QED) is 0.775. The number of rotatable bonds is 2. The highest BCUT2D eigenvalue weighted by molar-refractivity contribution is 6.43. The first kappa shape index (κ1) is 11.1. The topological polar surface area (TPSA) is 29.1 Å². The van der Waals surface area contributed by atoms with E-state index in [2.05, 4.69) is 11.9 Å². The van der Waals surface area contributed by atoms with Gasteiger partial charge in [-0.2, -0.15) is 0 Å². The SMILES string of the molecule is C=C(Cl)C(=O)Nc1cc(Cl)ccc1C. The molecule has 0 saturated carbocycles. The van der Waals surface area contributed by atoms with Crippen molar-refractivity contribution in [1.29, 1.82) is 0 Å². The van der Waals surface area contributed by atoms with Crippen LogP contribution in [0.25, 0.3) is 0 Å². The van der Waals surface area contributed by atoms with Crippen molar-refractivity contribution in [3.8, 4) is 0 Å². The number of benzene rings is 1. The van der Waals surface area contributed by atoms with Crippen molar-refractivity contribution in [3.05, 3.63) is 40.4 Å². The van der Waals surface area contributed by atoms with Gasteiger partial charge < -0.3 is 5.32 Å². The van der Waals surface area contributed by atoms with Crippen LogP contribution in [0.3, 0.4) is 0 Å². The van der Waals surface area contributed by atoms with Gasteiger partial charge in [0.2, 0.25) is 0 Å². The van der Waals surface area contributed by atoms with Crippen LogP contribution in [0, 0.1) is 6.92 Å². The molecule has 0 aliphatic rings. The standard InChI is InChI=1S/C10H9Cl2NO/c1-6-3-4-8(12)5-9(6)13-10(14)7(2)11/h3-5H,2H2,1H3,(H,13,14). The maximum absolute atomic E-state index is 11.2. The zero-order chi connectivity index (χ0) is 10.7. The van der Waals surface area contributed by atoms with Crippen LogP contribution < -0.4 is 5.32 Å². The van der Waals surface area contributed by atoms with Crippen molar-refractivity contribution in [2.45, 2.75) is 6.92 Å². The molecule has 0 spiro atoms. The summed E-state index contributed by atoms with van der Waals surface area (Å²) in [5, 5.41) is 3.11. The van der Waals surface area contributed by atoms with E-state index in [0.29, 0.717) is 10.7 Å². The molecule has 1 amide bonds. The van der Waals surface area contributed by atoms with Gasteiger partial charge in [-0.3, -0.25) is 4.79 Å². The molecule has 0 saturated heterocycles. The van der Waals surface area contributed by atoms with Crippen molar-refractivity contribution in [2.75, 3.05) is 5.32 Å². The Morgan fingerprint density at radius 2 is 2.14 bits per heavy atom. The van der Waals surface area contributed by atoms with Gasteiger partial charge in [0.05, 0.1) is 5.03 Å². The Morgan fingerprint density at radius 3 is 2.71 bits per heavy atom. The monoisotopic (exact) mass is 229 g/mol. The normalized spacial score (nSPS) is 9.64. The molecule has 0 aromatic heterocycles. The van der Waals surface area contributed by atoms with Gasteiger partial charge in [-0.1, -0.05) is 35.8 Å². The molecule has 2 nitrogen and oxygen atoms in total. The van der Waals surface area contributed by atoms with E-state index in [4.69, 9.17) is 23.2 Å². The second kappa shape index (κ2) is 4.49. The van der Waals surface area contributed by atoms with Crippen molar-refractivity contribution in [3.63, 3.8) is 0 Å². The molecule has 0 atom stereocenters. The van der Waals surface area contributed by atoms with Gasteiger partial charge >= 0.3 is 0 Å². The molecule has 0 aliphatic heterocycles. The molecule has 0 heterocycles. The van der Waals surface area contributed by atoms with Crippen molar-refractivity contribution < 1.29 is 4.79 Å². The van der Waals surface area contributed by atoms with Crippen LogP contribution in [0.5, 0.6) is 0 Å². The Bertz CT molecular complexity index is 388. The smallest absolute Gasteiger partial charge is 0.266 e. The summed E-state index contributed by atoms with van der Waals surface area (Å²) in [7, 11) is 0. The highest BCUT2D eigenvalue weighted by Crippen LogP contribution is 2.20. The Labute approximate surface area is 92.5 Å². The van der Waals surface area contributed by atoms with Crippen LogP contribution >= 0.6 is 23.2 Å². The molecule has 0 radical (unpaired) electrons. The first-order valence-corrected chi connectivity index (χ1v) is 4.68. The minimum absolute atomic E-state index is 0.0515. The fourth-order valence-electron chi connectivity index (χ4n) is 0.919. The highest BCUT2D eigenvalue weighted by atomic mass is 35.5. The fraction of sp³-hybridized carbons (Fsp3) is 0.100. The van der Waals surface area contributed by atoms with Gasteiger partial charge in [-0.25, -0.2) is 0 Å². The summed E-state index contributed by atoms with van der Waals surface area (Å²) < 4.78 is 0. The van der Waals surface area contributed by atoms with E-state index in [1.54, 1.807) is 12.1 Å². The summed E-state index contributed by atoms with van der Waals surface area (Å²) in [5.74, 6) is -0.419. The van der Waals surface area contributed by atoms with Gasteiger partial charge in [0, 0.05) is 10.7 Å². The number of amides is 1. The van der Waals surface area contributed by atoms with Crippen molar-refractivity contribution in [2.24, 2.45) is 0 Å². The molecule has 1 aromatic carbocycles. The van der Waals surface area contributed by atoms with Crippen molar-refractivity contribution >= 4 is 34.8 Å². The Hall–Kier alpha value is -0.990. The number of carbonyl (C=O) groups excluding carboxylic acids is 1. The number of hydrogen-bond acceptors (Lipinski definition) is 1. The zero-order valence-corrected chi connectivity index (χ0v) is 9.12. The van der Waals surface area contributed by atoms with E-state index in [0.717, 1.165) is 5.56 Å². The third-order valence-corrected chi connectivity index (χ3v) is 2.10. The second-order valence-electron chi connectivity index (χ2n) is 2.82. The molecular weight excluding hydrogens is 221 g/mol. The summed E-state index contributed by atoms with van der Waals surface area (Å²) in [6.07, 6.45) is 0. The molecule has 14 heavy (non-hydrogen) atoms. The maximum Gasteiger partial charge on any atom is 0.266 e. The van der Waals surface area contributed by atoms with E-state index in [1.807, 2.05) is 13.0 Å². The minimum Gasteiger partial charge on any atom is -0.321 e. The summed E-state index contributed by atoms with van der Waals surface area (Å²) in [6, 6.07) is 5.23. The summed E-state index contributed by atoms with van der Waals surface area (Å²) in [5.41, 5.74) is 1.56. The number of anilines is 1. The molecule has 1 rings (SSSR count). The third kappa shape index (κ3) is 2.76. The van der Waals surface area contributed by atoms with Crippen LogP contribution in [0.4, 0.5) is 5.69 Å². The summed E-state index contributed by atoms with van der Waals surface area (Å²) >= 11 is 11.2. The van der Waals surface area contributed by atoms with E-state index < -0.39 is 5.91 Å². The van der Waals surface area contributed by atoms with E-state index in [1.165, 1.54) is 0 Å². The third-order valence-electron chi connectivity index (χ3n) is 1.69. The number of halogens is 2. The number of hydrogen-bond donors (Lipinski definition) is 1. The van der Waals surface area contributed by atoms with Gasteiger partial charge in [-0.15, -0.1) is 0 Å². The average molecular weight is 230 g/mol. The minimum atomic E-state index is -0.419. The average Bonchev–Trinajstić information content (AvgIpc) is 2.11. The van der Waals surface area contributed by atoms with Crippen LogP contribution in [0.15, 0.2) is 29.8 Å². The predicted molar refractivity (Wildman–Crippen MR) is 59.8 cm³/mol. The number of nitrogens with one attached hydrogen (secondary N) is 1. The maximum atomic E-state index is 11.2. The first-order valence-electron chi connectivity index (χ1n) is 3.92. The largest absolute Gasteiger partial charge is 0.321 e. The lowest BCUT2D eigenvalue weighted by molar-refractivity contribution is -0.112. The zero-order valence-electron chi connectivity index (χ0n) is 7.60. The molecule has 0 bridgehead atoms. The van der Waals surface area contributed by atoms with Gasteiger partial charge in [0.15, 0.2) is 0 Å². The molecule has 1 aromatic rings. The summed E-state index contributed by atoms with van der Waals surface area (Å²) in [6.45, 7) is 5.19. The highest BCUT2D eigenvalue weighted by Gasteiger charge is 2.06. The molecule has 1 N–H and O–H groups in total. The lowest BCUT2D eigenvalue weighted by atomic mass is 10.2. The Morgan fingerprint density at radius 1 is 1.50 bits per heavy atom. The van der Waals surface area contributed by atoms with Gasteiger partial charge in [0.25, 0.3) is 5.91 Å². The van der Waals surface area contributed by atoms with Crippen LogP contribution in [-0.4, -0.2) is 5.91 Å². The molecule has 0 unspecified atom stereocenters. The van der Waals surface area contributed by atoms with Crippen LogP contribution in [0.1, 0.15) is 5.56 Å². The summed E-state index contributed by atoms with van der Waals surface area (Å²) in [4.78, 5) is 11.2. The number of carbonyl (C=O) groups is 1. The van der Waals surface area contributed by atoms with E-state index >= 15 is 0 Å². The molecule has 0 aliphatic carbocycles. The number of aryl methyl sites for hydroxylation is 1. The van der Waals surface area contributed by atoms with Crippen LogP contribution in [-0.2, 0) is 4.79 Å². The lowest BCUT2D eigenvalue weighted by Gasteiger charge is -2.07. The van der Waals surface area contributed by atoms with Gasteiger partial charge in [-0.05, 0) is 24.6 Å². The van der Waals surface area contributed by atoms with Crippen LogP contribution in [0.2, 0.25) is 5.02 Å². The Kier molecular flexibility index (Phi) is 3.55. The molecule has 4 heteroatoms. The van der Waals surface area contributed by atoms with Crippen molar-refractivity contribution in [1.82, 2.24) is 0 Å². The van der Waals surface area contributed by atoms with Gasteiger partial charge in [0.1, 0.15) is 0 Å². The predicted octanol–water partition coefficient (Wildman–Crippen LogP) is 3.34. The molecule has 0 fully saturated rings. The first-order chi connectivity index (χ1) is 6.50. The fourth-order valence-corrected chi connectivity index (χ4v) is 1.14.